The Kier molecular flexibility index (Phi) is 4.11. The molecule has 118 valence electrons. The van der Waals surface area contributed by atoms with E-state index in [9.17, 15) is 14.4 Å². The highest BCUT2D eigenvalue weighted by Gasteiger charge is 2.39. The molecule has 23 heavy (non-hydrogen) atoms. The fourth-order valence-electron chi connectivity index (χ4n) is 3.22. The number of carbonyl (C=O) groups is 3. The molecule has 6 heteroatoms. The lowest BCUT2D eigenvalue weighted by atomic mass is 9.80. The first kappa shape index (κ1) is 15.2. The number of rotatable bonds is 3. The number of amides is 2. The van der Waals surface area contributed by atoms with Crippen molar-refractivity contribution in [3.63, 3.8) is 0 Å². The van der Waals surface area contributed by atoms with Gasteiger partial charge in [0.15, 0.2) is 0 Å². The molecule has 0 radical (unpaired) electrons. The Labute approximate surface area is 133 Å². The first-order chi connectivity index (χ1) is 11.1. The maximum atomic E-state index is 12.1. The molecule has 2 amide bonds. The standard InChI is InChI=1S/C17H16N2O4/c18-10-12-5-3-4-11(8-12)9-15(20)23-19-16(21)13-6-1-2-7-14(13)17(19)22/h1-2,6-7,11-12H,3-5,8-9H2. The van der Waals surface area contributed by atoms with Crippen molar-refractivity contribution in [2.45, 2.75) is 32.1 Å². The third-order valence-corrected chi connectivity index (χ3v) is 4.37. The van der Waals surface area contributed by atoms with Crippen molar-refractivity contribution < 1.29 is 19.2 Å². The first-order valence-electron chi connectivity index (χ1n) is 7.68. The van der Waals surface area contributed by atoms with Gasteiger partial charge in [-0.3, -0.25) is 9.59 Å². The second-order valence-electron chi connectivity index (χ2n) is 5.98. The van der Waals surface area contributed by atoms with Crippen molar-refractivity contribution >= 4 is 17.8 Å². The van der Waals surface area contributed by atoms with Gasteiger partial charge in [0.1, 0.15) is 0 Å². The molecule has 1 aromatic rings. The minimum absolute atomic E-state index is 0.0270. The summed E-state index contributed by atoms with van der Waals surface area (Å²) in [5, 5.41) is 9.52. The lowest BCUT2D eigenvalue weighted by Gasteiger charge is -2.24. The molecule has 0 bridgehead atoms. The highest BCUT2D eigenvalue weighted by Crippen LogP contribution is 2.31. The fraction of sp³-hybridized carbons (Fsp3) is 0.412. The van der Waals surface area contributed by atoms with Gasteiger partial charge in [-0.2, -0.15) is 5.26 Å². The largest absolute Gasteiger partial charge is 0.333 e. The van der Waals surface area contributed by atoms with E-state index in [4.69, 9.17) is 10.1 Å². The van der Waals surface area contributed by atoms with E-state index in [-0.39, 0.29) is 29.4 Å². The quantitative estimate of drug-likeness (QED) is 0.800. The summed E-state index contributed by atoms with van der Waals surface area (Å²) in [4.78, 5) is 41.3. The minimum Gasteiger partial charge on any atom is -0.330 e. The maximum Gasteiger partial charge on any atom is 0.333 e. The molecule has 0 spiro atoms. The highest BCUT2D eigenvalue weighted by atomic mass is 16.7. The van der Waals surface area contributed by atoms with E-state index in [0.717, 1.165) is 19.3 Å². The Morgan fingerprint density at radius 3 is 2.48 bits per heavy atom. The number of nitrogens with zero attached hydrogens (tertiary/aromatic N) is 2. The fourth-order valence-corrected chi connectivity index (χ4v) is 3.22. The topological polar surface area (TPSA) is 87.5 Å². The molecular weight excluding hydrogens is 296 g/mol. The molecule has 2 unspecified atom stereocenters. The van der Waals surface area contributed by atoms with Crippen LogP contribution in [0.5, 0.6) is 0 Å². The molecule has 1 aliphatic carbocycles. The van der Waals surface area contributed by atoms with Crippen LogP contribution in [0, 0.1) is 23.2 Å². The summed E-state index contributed by atoms with van der Waals surface area (Å²) < 4.78 is 0. The molecule has 1 aliphatic heterocycles. The molecule has 3 rings (SSSR count). The van der Waals surface area contributed by atoms with Crippen LogP contribution in [0.15, 0.2) is 24.3 Å². The molecule has 0 saturated heterocycles. The van der Waals surface area contributed by atoms with E-state index in [2.05, 4.69) is 6.07 Å². The number of hydroxylamine groups is 2. The van der Waals surface area contributed by atoms with Crippen LogP contribution in [0.3, 0.4) is 0 Å². The summed E-state index contributed by atoms with van der Waals surface area (Å²) in [6, 6.07) is 8.60. The number of imide groups is 1. The van der Waals surface area contributed by atoms with E-state index in [0.29, 0.717) is 11.5 Å². The Balaban J connectivity index is 1.62. The number of fused-ring (bicyclic) bond motifs is 1. The minimum atomic E-state index is -0.613. The summed E-state index contributed by atoms with van der Waals surface area (Å²) in [5.41, 5.74) is 0.486. The van der Waals surface area contributed by atoms with Crippen LogP contribution in [-0.4, -0.2) is 22.8 Å². The molecule has 1 saturated carbocycles. The van der Waals surface area contributed by atoms with Crippen LogP contribution >= 0.6 is 0 Å². The zero-order chi connectivity index (χ0) is 16.4. The summed E-state index contributed by atoms with van der Waals surface area (Å²) in [5.74, 6) is -1.80. The average Bonchev–Trinajstić information content (AvgIpc) is 2.80. The van der Waals surface area contributed by atoms with Crippen molar-refractivity contribution in [3.8, 4) is 6.07 Å². The van der Waals surface area contributed by atoms with Crippen LogP contribution in [0.25, 0.3) is 0 Å². The van der Waals surface area contributed by atoms with E-state index in [1.165, 1.54) is 12.1 Å². The summed E-state index contributed by atoms with van der Waals surface area (Å²) in [6.07, 6.45) is 3.40. The smallest absolute Gasteiger partial charge is 0.330 e. The molecule has 6 nitrogen and oxygen atoms in total. The second-order valence-corrected chi connectivity index (χ2v) is 5.98. The van der Waals surface area contributed by atoms with Crippen LogP contribution in [0.1, 0.15) is 52.8 Å². The third kappa shape index (κ3) is 2.95. The predicted octanol–water partition coefficient (Wildman–Crippen LogP) is 2.46. The Morgan fingerprint density at radius 1 is 1.22 bits per heavy atom. The van der Waals surface area contributed by atoms with Crippen molar-refractivity contribution in [2.24, 2.45) is 11.8 Å². The Bertz CT molecular complexity index is 672. The third-order valence-electron chi connectivity index (χ3n) is 4.37. The molecular formula is C17H16N2O4. The van der Waals surface area contributed by atoms with Gasteiger partial charge in [0, 0.05) is 5.92 Å². The normalized spacial score (nSPS) is 23.3. The summed E-state index contributed by atoms with van der Waals surface area (Å²) in [7, 11) is 0. The van der Waals surface area contributed by atoms with Gasteiger partial charge in [0.2, 0.25) is 0 Å². The van der Waals surface area contributed by atoms with E-state index in [1.807, 2.05) is 0 Å². The van der Waals surface area contributed by atoms with Crippen molar-refractivity contribution in [3.05, 3.63) is 35.4 Å². The zero-order valence-electron chi connectivity index (χ0n) is 12.5. The van der Waals surface area contributed by atoms with Crippen LogP contribution in [0.2, 0.25) is 0 Å². The van der Waals surface area contributed by atoms with Gasteiger partial charge >= 0.3 is 5.97 Å². The lowest BCUT2D eigenvalue weighted by molar-refractivity contribution is -0.170. The van der Waals surface area contributed by atoms with E-state index >= 15 is 0 Å². The van der Waals surface area contributed by atoms with Gasteiger partial charge in [-0.1, -0.05) is 23.6 Å². The Morgan fingerprint density at radius 2 is 1.87 bits per heavy atom. The molecule has 0 N–H and O–H groups in total. The zero-order valence-corrected chi connectivity index (χ0v) is 12.5. The molecule has 0 aromatic heterocycles. The summed E-state index contributed by atoms with van der Waals surface area (Å²) in [6.45, 7) is 0. The lowest BCUT2D eigenvalue weighted by Crippen LogP contribution is -2.33. The van der Waals surface area contributed by atoms with Gasteiger partial charge in [0.05, 0.1) is 23.6 Å². The summed E-state index contributed by atoms with van der Waals surface area (Å²) >= 11 is 0. The predicted molar refractivity (Wildman–Crippen MR) is 78.7 cm³/mol. The monoisotopic (exact) mass is 312 g/mol. The molecule has 2 atom stereocenters. The number of hydrogen-bond donors (Lipinski definition) is 0. The van der Waals surface area contributed by atoms with Crippen LogP contribution < -0.4 is 0 Å². The van der Waals surface area contributed by atoms with E-state index < -0.39 is 17.8 Å². The van der Waals surface area contributed by atoms with Crippen LogP contribution in [-0.2, 0) is 9.63 Å². The van der Waals surface area contributed by atoms with Gasteiger partial charge in [-0.15, -0.1) is 0 Å². The highest BCUT2D eigenvalue weighted by molar-refractivity contribution is 6.20. The second kappa shape index (κ2) is 6.21. The molecule has 1 heterocycles. The maximum absolute atomic E-state index is 12.1. The van der Waals surface area contributed by atoms with Crippen molar-refractivity contribution in [2.75, 3.05) is 0 Å². The van der Waals surface area contributed by atoms with Gasteiger partial charge in [-0.25, -0.2) is 4.79 Å². The van der Waals surface area contributed by atoms with Crippen LogP contribution in [0.4, 0.5) is 0 Å². The molecule has 2 aliphatic rings. The Hall–Kier alpha value is -2.68. The number of hydrogen-bond acceptors (Lipinski definition) is 5. The number of nitriles is 1. The SMILES string of the molecule is N#CC1CCCC(CC(=O)ON2C(=O)c3ccccc3C2=O)C1. The van der Waals surface area contributed by atoms with E-state index in [1.54, 1.807) is 12.1 Å². The number of benzene rings is 1. The molecule has 1 fully saturated rings. The van der Waals surface area contributed by atoms with Gasteiger partial charge in [0.25, 0.3) is 11.8 Å². The average molecular weight is 312 g/mol. The molecule has 1 aromatic carbocycles. The van der Waals surface area contributed by atoms with Gasteiger partial charge in [-0.05, 0) is 37.3 Å². The van der Waals surface area contributed by atoms with Crippen molar-refractivity contribution in [1.29, 1.82) is 5.26 Å². The van der Waals surface area contributed by atoms with Gasteiger partial charge < -0.3 is 4.84 Å². The first-order valence-corrected chi connectivity index (χ1v) is 7.68. The van der Waals surface area contributed by atoms with Crippen molar-refractivity contribution in [1.82, 2.24) is 5.06 Å². The number of carbonyl (C=O) groups excluding carboxylic acids is 3.